The molecule has 4 heteroatoms. The Balaban J connectivity index is 2.23. The third kappa shape index (κ3) is 5.82. The topological polar surface area (TPSA) is 42.0 Å². The van der Waals surface area contributed by atoms with Gasteiger partial charge in [-0.1, -0.05) is 32.6 Å². The zero-order chi connectivity index (χ0) is 12.5. The molecule has 94 valence electrons. The van der Waals surface area contributed by atoms with Crippen LogP contribution >= 0.6 is 15.9 Å². The monoisotopic (exact) mass is 298 g/mol. The Bertz CT molecular complexity index is 355. The summed E-state index contributed by atoms with van der Waals surface area (Å²) in [5.41, 5.74) is 0.790. The van der Waals surface area contributed by atoms with Crippen molar-refractivity contribution < 1.29 is 4.79 Å². The van der Waals surface area contributed by atoms with Gasteiger partial charge in [0.2, 0.25) is 5.91 Å². The Hall–Kier alpha value is -0.900. The molecule has 17 heavy (non-hydrogen) atoms. The molecule has 3 nitrogen and oxygen atoms in total. The van der Waals surface area contributed by atoms with Gasteiger partial charge in [0.05, 0.1) is 10.2 Å². The van der Waals surface area contributed by atoms with Crippen LogP contribution in [0.2, 0.25) is 0 Å². The maximum Gasteiger partial charge on any atom is 0.224 e. The first-order valence-electron chi connectivity index (χ1n) is 6.13. The lowest BCUT2D eigenvalue weighted by atomic mass is 10.1. The molecule has 1 heterocycles. The van der Waals surface area contributed by atoms with Gasteiger partial charge in [-0.15, -0.1) is 0 Å². The van der Waals surface area contributed by atoms with E-state index in [0.29, 0.717) is 6.42 Å². The van der Waals surface area contributed by atoms with Gasteiger partial charge < -0.3 is 5.32 Å². The molecule has 0 saturated carbocycles. The van der Waals surface area contributed by atoms with Crippen LogP contribution in [0.15, 0.2) is 22.9 Å². The molecule has 0 radical (unpaired) electrons. The highest BCUT2D eigenvalue weighted by atomic mass is 79.9. The standard InChI is InChI=1S/C13H19BrN2O/c1-2-3-4-5-6-7-13(17)16-12-8-9-15-10-11(12)14/h8-10H,2-7H2,1H3,(H,15,16,17). The zero-order valence-corrected chi connectivity index (χ0v) is 11.8. The van der Waals surface area contributed by atoms with Crippen molar-refractivity contribution in [2.24, 2.45) is 0 Å². The van der Waals surface area contributed by atoms with E-state index in [2.05, 4.69) is 33.2 Å². The van der Waals surface area contributed by atoms with Crippen molar-refractivity contribution in [3.63, 3.8) is 0 Å². The first kappa shape index (κ1) is 14.2. The van der Waals surface area contributed by atoms with Crippen LogP contribution in [0.25, 0.3) is 0 Å². The fourth-order valence-corrected chi connectivity index (χ4v) is 1.93. The fourth-order valence-electron chi connectivity index (χ4n) is 1.58. The summed E-state index contributed by atoms with van der Waals surface area (Å²) >= 11 is 3.35. The van der Waals surface area contributed by atoms with E-state index in [1.165, 1.54) is 19.3 Å². The number of carbonyl (C=O) groups is 1. The molecule has 0 aliphatic carbocycles. The minimum absolute atomic E-state index is 0.0772. The second-order valence-corrected chi connectivity index (χ2v) is 4.92. The summed E-state index contributed by atoms with van der Waals surface area (Å²) in [5, 5.41) is 2.88. The molecule has 0 bridgehead atoms. The first-order chi connectivity index (χ1) is 8.24. The van der Waals surface area contributed by atoms with Gasteiger partial charge in [-0.05, 0) is 28.4 Å². The van der Waals surface area contributed by atoms with Crippen molar-refractivity contribution in [2.45, 2.75) is 45.4 Å². The third-order valence-corrected chi connectivity index (χ3v) is 3.19. The number of pyridine rings is 1. The van der Waals surface area contributed by atoms with Crippen molar-refractivity contribution in [1.29, 1.82) is 0 Å². The summed E-state index contributed by atoms with van der Waals surface area (Å²) in [6.07, 6.45) is 9.76. The molecule has 0 saturated heterocycles. The number of nitrogens with one attached hydrogen (secondary N) is 1. The molecule has 0 unspecified atom stereocenters. The zero-order valence-electron chi connectivity index (χ0n) is 10.2. The summed E-state index contributed by atoms with van der Waals surface area (Å²) in [4.78, 5) is 15.6. The number of amides is 1. The summed E-state index contributed by atoms with van der Waals surface area (Å²) in [7, 11) is 0. The molecule has 0 aliphatic rings. The fraction of sp³-hybridized carbons (Fsp3) is 0.538. The molecule has 0 atom stereocenters. The van der Waals surface area contributed by atoms with E-state index < -0.39 is 0 Å². The highest BCUT2D eigenvalue weighted by Gasteiger charge is 2.04. The predicted octanol–water partition coefficient (Wildman–Crippen LogP) is 4.14. The van der Waals surface area contributed by atoms with Crippen LogP contribution in [-0.4, -0.2) is 10.9 Å². The number of hydrogen-bond donors (Lipinski definition) is 1. The average Bonchev–Trinajstić information content (AvgIpc) is 2.32. The van der Waals surface area contributed by atoms with Gasteiger partial charge in [-0.25, -0.2) is 0 Å². The number of aromatic nitrogens is 1. The number of carbonyl (C=O) groups excluding carboxylic acids is 1. The van der Waals surface area contributed by atoms with E-state index >= 15 is 0 Å². The second kappa shape index (κ2) is 8.23. The van der Waals surface area contributed by atoms with Crippen LogP contribution in [0.1, 0.15) is 45.4 Å². The highest BCUT2D eigenvalue weighted by molar-refractivity contribution is 9.10. The van der Waals surface area contributed by atoms with Crippen LogP contribution in [0, 0.1) is 0 Å². The summed E-state index contributed by atoms with van der Waals surface area (Å²) in [6.45, 7) is 2.19. The first-order valence-corrected chi connectivity index (χ1v) is 6.92. The Labute approximate surface area is 111 Å². The molecule has 0 aromatic carbocycles. The number of rotatable bonds is 7. The van der Waals surface area contributed by atoms with Crippen LogP contribution in [0.5, 0.6) is 0 Å². The van der Waals surface area contributed by atoms with Crippen molar-refractivity contribution in [1.82, 2.24) is 4.98 Å². The van der Waals surface area contributed by atoms with Gasteiger partial charge in [-0.2, -0.15) is 0 Å². The van der Waals surface area contributed by atoms with Crippen LogP contribution < -0.4 is 5.32 Å². The van der Waals surface area contributed by atoms with Crippen LogP contribution in [0.4, 0.5) is 5.69 Å². The van der Waals surface area contributed by atoms with E-state index in [1.807, 2.05) is 0 Å². The lowest BCUT2D eigenvalue weighted by Crippen LogP contribution is -2.11. The van der Waals surface area contributed by atoms with Gasteiger partial charge in [0.15, 0.2) is 0 Å². The molecule has 1 amide bonds. The lowest BCUT2D eigenvalue weighted by Gasteiger charge is -2.06. The van der Waals surface area contributed by atoms with Crippen molar-refractivity contribution in [3.8, 4) is 0 Å². The summed E-state index contributed by atoms with van der Waals surface area (Å²) in [6, 6.07) is 1.79. The molecule has 0 fully saturated rings. The molecule has 1 aromatic heterocycles. The predicted molar refractivity (Wildman–Crippen MR) is 73.9 cm³/mol. The number of anilines is 1. The molecular weight excluding hydrogens is 280 g/mol. The number of nitrogens with zero attached hydrogens (tertiary/aromatic N) is 1. The summed E-state index contributed by atoms with van der Waals surface area (Å²) < 4.78 is 0.819. The maximum absolute atomic E-state index is 11.6. The number of halogens is 1. The normalized spacial score (nSPS) is 10.2. The highest BCUT2D eigenvalue weighted by Crippen LogP contribution is 2.20. The Morgan fingerprint density at radius 1 is 1.35 bits per heavy atom. The van der Waals surface area contributed by atoms with Crippen LogP contribution in [-0.2, 0) is 4.79 Å². The minimum atomic E-state index is 0.0772. The van der Waals surface area contributed by atoms with E-state index in [-0.39, 0.29) is 5.91 Å². The van der Waals surface area contributed by atoms with Crippen molar-refractivity contribution in [3.05, 3.63) is 22.9 Å². The van der Waals surface area contributed by atoms with Gasteiger partial charge in [0.25, 0.3) is 0 Å². The molecule has 1 N–H and O–H groups in total. The second-order valence-electron chi connectivity index (χ2n) is 4.07. The van der Waals surface area contributed by atoms with Crippen molar-refractivity contribution in [2.75, 3.05) is 5.32 Å². The van der Waals surface area contributed by atoms with Gasteiger partial charge in [-0.3, -0.25) is 9.78 Å². The van der Waals surface area contributed by atoms with Gasteiger partial charge >= 0.3 is 0 Å². The lowest BCUT2D eigenvalue weighted by molar-refractivity contribution is -0.116. The van der Waals surface area contributed by atoms with Crippen molar-refractivity contribution >= 4 is 27.5 Å². The largest absolute Gasteiger partial charge is 0.325 e. The number of unbranched alkanes of at least 4 members (excludes halogenated alkanes) is 4. The van der Waals surface area contributed by atoms with Gasteiger partial charge in [0, 0.05) is 18.8 Å². The summed E-state index contributed by atoms with van der Waals surface area (Å²) in [5.74, 6) is 0.0772. The minimum Gasteiger partial charge on any atom is -0.325 e. The molecule has 1 rings (SSSR count). The van der Waals surface area contributed by atoms with E-state index in [0.717, 1.165) is 23.0 Å². The maximum atomic E-state index is 11.6. The van der Waals surface area contributed by atoms with Gasteiger partial charge in [0.1, 0.15) is 0 Å². The Morgan fingerprint density at radius 3 is 2.82 bits per heavy atom. The SMILES string of the molecule is CCCCCCCC(=O)Nc1ccncc1Br. The molecule has 0 spiro atoms. The quantitative estimate of drug-likeness (QED) is 0.769. The Kier molecular flexibility index (Phi) is 6.86. The smallest absolute Gasteiger partial charge is 0.224 e. The van der Waals surface area contributed by atoms with E-state index in [4.69, 9.17) is 0 Å². The van der Waals surface area contributed by atoms with E-state index in [9.17, 15) is 4.79 Å². The average molecular weight is 299 g/mol. The Morgan fingerprint density at radius 2 is 2.12 bits per heavy atom. The number of hydrogen-bond acceptors (Lipinski definition) is 2. The van der Waals surface area contributed by atoms with Crippen LogP contribution in [0.3, 0.4) is 0 Å². The third-order valence-electron chi connectivity index (χ3n) is 2.55. The molecular formula is C13H19BrN2O. The van der Waals surface area contributed by atoms with E-state index in [1.54, 1.807) is 18.5 Å². The molecule has 0 aliphatic heterocycles. The molecule has 1 aromatic rings.